The van der Waals surface area contributed by atoms with Crippen LogP contribution in [0.25, 0.3) is 22.3 Å². The standard InChI is InChI=1S/C30H27ClN6O/c1-29(11-19-3-5-20(6-4-19)24-14-34-18-35-15-24)12-22-8-7-21(23-9-25(31)16-33-13-23)10-26(22)30(17-29)27(38)37(2)28(32)36-30/h3-10,13-16,18H,11-12,17H2,1-2H3,(H2,32,36)/t29-,30?/m1/s1. The first-order valence-corrected chi connectivity index (χ1v) is 12.9. The van der Waals surface area contributed by atoms with Gasteiger partial charge in [-0.2, -0.15) is 0 Å². The quantitative estimate of drug-likeness (QED) is 0.405. The number of hydrogen-bond donors (Lipinski definition) is 1. The van der Waals surface area contributed by atoms with Gasteiger partial charge in [0.1, 0.15) is 6.33 Å². The minimum Gasteiger partial charge on any atom is -0.369 e. The van der Waals surface area contributed by atoms with E-state index in [1.165, 1.54) is 16.8 Å². The van der Waals surface area contributed by atoms with Crippen LogP contribution >= 0.6 is 11.6 Å². The zero-order valence-electron chi connectivity index (χ0n) is 21.2. The summed E-state index contributed by atoms with van der Waals surface area (Å²) in [6, 6.07) is 16.6. The van der Waals surface area contributed by atoms with E-state index in [1.54, 1.807) is 19.4 Å². The Morgan fingerprint density at radius 2 is 1.63 bits per heavy atom. The summed E-state index contributed by atoms with van der Waals surface area (Å²) in [5.74, 6) is 0.150. The van der Waals surface area contributed by atoms with E-state index >= 15 is 0 Å². The number of nitrogens with two attached hydrogens (primary N) is 1. The average molecular weight is 523 g/mol. The molecule has 2 aromatic heterocycles. The normalized spacial score (nSPS) is 22.4. The molecule has 190 valence electrons. The number of fused-ring (bicyclic) bond motifs is 2. The van der Waals surface area contributed by atoms with E-state index in [9.17, 15) is 4.79 Å². The number of aliphatic imine (C=N–C) groups is 1. The third-order valence-corrected chi connectivity index (χ3v) is 7.89. The number of pyridine rings is 1. The SMILES string of the molecule is CN1C(=O)C2(C[C@](C)(Cc3ccc(-c4cncnc4)cc3)Cc3ccc(-c4cncc(Cl)c4)cc32)N=C1N. The molecule has 1 spiro atoms. The fourth-order valence-corrected chi connectivity index (χ4v) is 6.15. The molecule has 0 radical (unpaired) electrons. The van der Waals surface area contributed by atoms with Crippen LogP contribution in [0.1, 0.15) is 30.0 Å². The largest absolute Gasteiger partial charge is 0.369 e. The third kappa shape index (κ3) is 4.13. The number of carbonyl (C=O) groups excluding carboxylic acids is 1. The molecule has 0 fully saturated rings. The van der Waals surface area contributed by atoms with E-state index in [1.807, 2.05) is 18.5 Å². The summed E-state index contributed by atoms with van der Waals surface area (Å²) < 4.78 is 0. The number of nitrogens with zero attached hydrogens (tertiary/aromatic N) is 5. The van der Waals surface area contributed by atoms with Gasteiger partial charge in [-0.25, -0.2) is 15.0 Å². The second-order valence-electron chi connectivity index (χ2n) is 10.6. The number of guanidine groups is 1. The summed E-state index contributed by atoms with van der Waals surface area (Å²) in [6.07, 6.45) is 10.7. The van der Waals surface area contributed by atoms with Crippen molar-refractivity contribution in [1.29, 1.82) is 0 Å². The fourth-order valence-electron chi connectivity index (χ4n) is 5.97. The molecule has 1 unspecified atom stereocenters. The van der Waals surface area contributed by atoms with Gasteiger partial charge in [0.05, 0.1) is 5.02 Å². The molecule has 38 heavy (non-hydrogen) atoms. The van der Waals surface area contributed by atoms with Crippen LogP contribution < -0.4 is 5.73 Å². The molecule has 2 aromatic carbocycles. The van der Waals surface area contributed by atoms with E-state index in [-0.39, 0.29) is 17.3 Å². The summed E-state index contributed by atoms with van der Waals surface area (Å²) in [6.45, 7) is 2.24. The van der Waals surface area contributed by atoms with Crippen LogP contribution in [0.4, 0.5) is 0 Å². The number of carbonyl (C=O) groups is 1. The Morgan fingerprint density at radius 3 is 2.32 bits per heavy atom. The zero-order chi connectivity index (χ0) is 26.5. The van der Waals surface area contributed by atoms with Crippen molar-refractivity contribution in [2.75, 3.05) is 7.05 Å². The molecule has 0 saturated heterocycles. The van der Waals surface area contributed by atoms with Crippen molar-refractivity contribution in [3.05, 3.63) is 101 Å². The molecule has 6 rings (SSSR count). The minimum absolute atomic E-state index is 0.0945. The molecular formula is C30H27ClN6O. The first-order chi connectivity index (χ1) is 18.3. The lowest BCUT2D eigenvalue weighted by molar-refractivity contribution is -0.132. The smallest absolute Gasteiger partial charge is 0.261 e. The van der Waals surface area contributed by atoms with Crippen LogP contribution in [-0.4, -0.2) is 38.8 Å². The third-order valence-electron chi connectivity index (χ3n) is 7.68. The second kappa shape index (κ2) is 9.03. The van der Waals surface area contributed by atoms with Gasteiger partial charge in [-0.3, -0.25) is 14.7 Å². The van der Waals surface area contributed by atoms with Crippen molar-refractivity contribution in [2.45, 2.75) is 31.7 Å². The number of aromatic nitrogens is 3. The van der Waals surface area contributed by atoms with Crippen LogP contribution in [0.15, 0.2) is 84.6 Å². The Balaban J connectivity index is 1.38. The second-order valence-corrected chi connectivity index (χ2v) is 11.1. The molecule has 7 nitrogen and oxygen atoms in total. The van der Waals surface area contributed by atoms with Crippen LogP contribution in [0.2, 0.25) is 5.02 Å². The van der Waals surface area contributed by atoms with Gasteiger partial charge in [0.25, 0.3) is 5.91 Å². The lowest BCUT2D eigenvalue weighted by Crippen LogP contribution is -2.47. The lowest BCUT2D eigenvalue weighted by Gasteiger charge is -2.43. The van der Waals surface area contributed by atoms with Gasteiger partial charge in [0, 0.05) is 43.0 Å². The van der Waals surface area contributed by atoms with Crippen molar-refractivity contribution in [3.8, 4) is 22.3 Å². The molecule has 1 aliphatic heterocycles. The molecule has 1 aliphatic carbocycles. The van der Waals surface area contributed by atoms with E-state index in [4.69, 9.17) is 22.3 Å². The lowest BCUT2D eigenvalue weighted by atomic mass is 9.62. The van der Waals surface area contributed by atoms with Gasteiger partial charge < -0.3 is 5.73 Å². The van der Waals surface area contributed by atoms with Gasteiger partial charge in [-0.15, -0.1) is 0 Å². The van der Waals surface area contributed by atoms with Gasteiger partial charge in [-0.05, 0) is 64.6 Å². The van der Waals surface area contributed by atoms with Crippen LogP contribution in [0.5, 0.6) is 0 Å². The summed E-state index contributed by atoms with van der Waals surface area (Å²) in [5, 5.41) is 0.562. The molecule has 0 bridgehead atoms. The van der Waals surface area contributed by atoms with E-state index in [2.05, 4.69) is 64.3 Å². The molecular weight excluding hydrogens is 496 g/mol. The number of benzene rings is 2. The number of likely N-dealkylation sites (N-methyl/N-ethyl adjacent to an activating group) is 1. The van der Waals surface area contributed by atoms with Crippen LogP contribution in [0.3, 0.4) is 0 Å². The predicted molar refractivity (Wildman–Crippen MR) is 148 cm³/mol. The maximum atomic E-state index is 13.8. The van der Waals surface area contributed by atoms with E-state index in [0.717, 1.165) is 46.2 Å². The number of rotatable bonds is 4. The molecule has 2 N–H and O–H groups in total. The maximum Gasteiger partial charge on any atom is 0.261 e. The Bertz CT molecular complexity index is 1570. The first-order valence-electron chi connectivity index (χ1n) is 12.5. The Hall–Kier alpha value is -4.10. The Morgan fingerprint density at radius 1 is 0.921 bits per heavy atom. The molecule has 2 atom stereocenters. The Labute approximate surface area is 226 Å². The van der Waals surface area contributed by atoms with Crippen molar-refractivity contribution in [2.24, 2.45) is 16.1 Å². The highest BCUT2D eigenvalue weighted by atomic mass is 35.5. The molecule has 4 aromatic rings. The molecule has 2 aliphatic rings. The summed E-state index contributed by atoms with van der Waals surface area (Å²) in [7, 11) is 1.69. The number of halogens is 1. The predicted octanol–water partition coefficient (Wildman–Crippen LogP) is 5.04. The summed E-state index contributed by atoms with van der Waals surface area (Å²) >= 11 is 6.21. The van der Waals surface area contributed by atoms with Crippen LogP contribution in [0, 0.1) is 5.41 Å². The summed E-state index contributed by atoms with van der Waals surface area (Å²) in [4.78, 5) is 32.6. The Kier molecular flexibility index (Phi) is 5.76. The maximum absolute atomic E-state index is 13.8. The first kappa shape index (κ1) is 24.2. The molecule has 3 heterocycles. The van der Waals surface area contributed by atoms with Crippen molar-refractivity contribution >= 4 is 23.5 Å². The van der Waals surface area contributed by atoms with Gasteiger partial charge in [0.2, 0.25) is 0 Å². The topological polar surface area (TPSA) is 97.4 Å². The van der Waals surface area contributed by atoms with Crippen molar-refractivity contribution in [1.82, 2.24) is 19.9 Å². The van der Waals surface area contributed by atoms with Gasteiger partial charge >= 0.3 is 0 Å². The highest BCUT2D eigenvalue weighted by Gasteiger charge is 2.55. The van der Waals surface area contributed by atoms with Crippen LogP contribution in [-0.2, 0) is 23.2 Å². The van der Waals surface area contributed by atoms with Crippen molar-refractivity contribution < 1.29 is 4.79 Å². The number of amides is 1. The molecule has 8 heteroatoms. The molecule has 0 saturated carbocycles. The number of hydrogen-bond acceptors (Lipinski definition) is 6. The monoisotopic (exact) mass is 522 g/mol. The van der Waals surface area contributed by atoms with Crippen molar-refractivity contribution in [3.63, 3.8) is 0 Å². The van der Waals surface area contributed by atoms with E-state index < -0.39 is 5.54 Å². The summed E-state index contributed by atoms with van der Waals surface area (Å²) in [5.41, 5.74) is 12.0. The van der Waals surface area contributed by atoms with Gasteiger partial charge in [0.15, 0.2) is 11.5 Å². The van der Waals surface area contributed by atoms with Gasteiger partial charge in [-0.1, -0.05) is 54.9 Å². The average Bonchev–Trinajstić information content (AvgIpc) is 3.12. The highest BCUT2D eigenvalue weighted by molar-refractivity contribution is 6.30. The molecule has 1 amide bonds. The van der Waals surface area contributed by atoms with E-state index in [0.29, 0.717) is 11.4 Å². The zero-order valence-corrected chi connectivity index (χ0v) is 22.0. The highest BCUT2D eigenvalue weighted by Crippen LogP contribution is 2.51. The fraction of sp³-hybridized carbons (Fsp3) is 0.233. The minimum atomic E-state index is -1.06.